The summed E-state index contributed by atoms with van der Waals surface area (Å²) in [5, 5.41) is 38.5. The molecular formula is C16H16O8. The van der Waals surface area contributed by atoms with E-state index in [1.54, 1.807) is 12.1 Å². The largest absolute Gasteiger partial charge is 0.458 e. The molecule has 3 rings (SSSR count). The zero-order valence-electron chi connectivity index (χ0n) is 12.4. The van der Waals surface area contributed by atoms with Crippen LogP contribution in [0.1, 0.15) is 20.7 Å². The molecule has 0 unspecified atom stereocenters. The van der Waals surface area contributed by atoms with E-state index in [1.807, 2.05) is 0 Å². The molecule has 24 heavy (non-hydrogen) atoms. The molecule has 2 aliphatic rings. The lowest BCUT2D eigenvalue weighted by molar-refractivity contribution is -0.290. The molecule has 1 fully saturated rings. The van der Waals surface area contributed by atoms with Gasteiger partial charge < -0.3 is 29.9 Å². The van der Waals surface area contributed by atoms with Crippen molar-refractivity contribution in [1.29, 1.82) is 0 Å². The van der Waals surface area contributed by atoms with E-state index in [4.69, 9.17) is 14.6 Å². The van der Waals surface area contributed by atoms with E-state index >= 15 is 0 Å². The van der Waals surface area contributed by atoms with Gasteiger partial charge in [0.2, 0.25) is 12.1 Å². The zero-order valence-corrected chi connectivity index (χ0v) is 12.4. The van der Waals surface area contributed by atoms with Crippen molar-refractivity contribution in [3.05, 3.63) is 47.2 Å². The van der Waals surface area contributed by atoms with E-state index in [9.17, 15) is 24.9 Å². The predicted octanol–water partition coefficient (Wildman–Crippen LogP) is -1.23. The maximum absolute atomic E-state index is 12.4. The maximum Gasteiger partial charge on any atom is 0.229 e. The van der Waals surface area contributed by atoms with Crippen molar-refractivity contribution < 1.29 is 39.5 Å². The molecule has 8 nitrogen and oxygen atoms in total. The third-order valence-corrected chi connectivity index (χ3v) is 4.01. The van der Waals surface area contributed by atoms with Crippen LogP contribution >= 0.6 is 0 Å². The van der Waals surface area contributed by atoms with Gasteiger partial charge in [0.25, 0.3) is 0 Å². The van der Waals surface area contributed by atoms with Crippen molar-refractivity contribution >= 4 is 11.6 Å². The van der Waals surface area contributed by atoms with Gasteiger partial charge in [-0.05, 0) is 0 Å². The van der Waals surface area contributed by atoms with Gasteiger partial charge in [0, 0.05) is 17.2 Å². The number of carbonyl (C=O) groups is 2. The van der Waals surface area contributed by atoms with E-state index in [0.29, 0.717) is 0 Å². The molecule has 5 atom stereocenters. The molecule has 128 valence electrons. The summed E-state index contributed by atoms with van der Waals surface area (Å²) in [6.07, 6.45) is -6.55. The third kappa shape index (κ3) is 2.74. The van der Waals surface area contributed by atoms with Crippen LogP contribution in [0.3, 0.4) is 0 Å². The smallest absolute Gasteiger partial charge is 0.229 e. The van der Waals surface area contributed by atoms with Gasteiger partial charge in [-0.3, -0.25) is 9.59 Å². The number of benzene rings is 1. The summed E-state index contributed by atoms with van der Waals surface area (Å²) >= 11 is 0. The molecule has 4 N–H and O–H groups in total. The minimum absolute atomic E-state index is 0.157. The summed E-state index contributed by atoms with van der Waals surface area (Å²) in [7, 11) is 0. The molecule has 0 saturated carbocycles. The first kappa shape index (κ1) is 16.7. The summed E-state index contributed by atoms with van der Waals surface area (Å²) in [6, 6.07) is 6.21. The van der Waals surface area contributed by atoms with Crippen LogP contribution in [0, 0.1) is 0 Å². The highest BCUT2D eigenvalue weighted by Crippen LogP contribution is 2.27. The van der Waals surface area contributed by atoms with E-state index in [2.05, 4.69) is 0 Å². The molecule has 1 saturated heterocycles. The SMILES string of the molecule is O=C1C=C(O[C@H]2O[C@H](CO)[C@H](O)[C@H](O)[C@H]2O)C(=O)c2ccccc21. The molecule has 0 aromatic heterocycles. The van der Waals surface area contributed by atoms with Crippen molar-refractivity contribution in [3.8, 4) is 0 Å². The fourth-order valence-corrected chi connectivity index (χ4v) is 2.67. The van der Waals surface area contributed by atoms with Crippen LogP contribution in [0.5, 0.6) is 0 Å². The number of ketones is 2. The minimum atomic E-state index is -1.66. The van der Waals surface area contributed by atoms with Crippen molar-refractivity contribution in [3.63, 3.8) is 0 Å². The van der Waals surface area contributed by atoms with Gasteiger partial charge in [0.1, 0.15) is 24.4 Å². The fraction of sp³-hybridized carbons (Fsp3) is 0.375. The quantitative estimate of drug-likeness (QED) is 0.539. The highest BCUT2D eigenvalue weighted by Gasteiger charge is 2.45. The molecule has 1 heterocycles. The van der Waals surface area contributed by atoms with Gasteiger partial charge >= 0.3 is 0 Å². The molecule has 0 amide bonds. The summed E-state index contributed by atoms with van der Waals surface area (Å²) in [4.78, 5) is 24.5. The van der Waals surface area contributed by atoms with Gasteiger partial charge in [-0.1, -0.05) is 24.3 Å². The van der Waals surface area contributed by atoms with Gasteiger partial charge in [-0.25, -0.2) is 0 Å². The molecule has 1 aliphatic heterocycles. The lowest BCUT2D eigenvalue weighted by Crippen LogP contribution is -2.59. The van der Waals surface area contributed by atoms with Crippen molar-refractivity contribution in [1.82, 2.24) is 0 Å². The molecule has 1 aliphatic carbocycles. The third-order valence-electron chi connectivity index (χ3n) is 4.01. The van der Waals surface area contributed by atoms with Gasteiger partial charge in [-0.2, -0.15) is 0 Å². The van der Waals surface area contributed by atoms with Crippen molar-refractivity contribution in [2.75, 3.05) is 6.61 Å². The van der Waals surface area contributed by atoms with E-state index in [-0.39, 0.29) is 16.9 Å². The van der Waals surface area contributed by atoms with Crippen LogP contribution in [0.25, 0.3) is 0 Å². The number of aliphatic hydroxyl groups excluding tert-OH is 4. The number of hydrogen-bond donors (Lipinski definition) is 4. The van der Waals surface area contributed by atoms with Crippen LogP contribution in [0.4, 0.5) is 0 Å². The fourth-order valence-electron chi connectivity index (χ4n) is 2.67. The Morgan fingerprint density at radius 1 is 1.00 bits per heavy atom. The first-order chi connectivity index (χ1) is 11.4. The number of ether oxygens (including phenoxy) is 2. The normalized spacial score (nSPS) is 33.0. The molecule has 0 spiro atoms. The number of hydrogen-bond acceptors (Lipinski definition) is 8. The Hall–Kier alpha value is -2.10. The zero-order chi connectivity index (χ0) is 17.4. The highest BCUT2D eigenvalue weighted by molar-refractivity contribution is 6.23. The lowest BCUT2D eigenvalue weighted by atomic mass is 9.93. The number of allylic oxidation sites excluding steroid dienone is 2. The molecule has 1 aromatic carbocycles. The highest BCUT2D eigenvalue weighted by atomic mass is 16.7. The second-order valence-electron chi connectivity index (χ2n) is 5.56. The Morgan fingerprint density at radius 2 is 1.67 bits per heavy atom. The summed E-state index contributed by atoms with van der Waals surface area (Å²) < 4.78 is 10.4. The number of fused-ring (bicyclic) bond motifs is 1. The Kier molecular flexibility index (Phi) is 4.48. The van der Waals surface area contributed by atoms with Gasteiger partial charge in [-0.15, -0.1) is 0 Å². The maximum atomic E-state index is 12.4. The molecule has 1 aromatic rings. The Bertz CT molecular complexity index is 695. The summed E-state index contributed by atoms with van der Waals surface area (Å²) in [6.45, 7) is -0.625. The standard InChI is InChI=1S/C16H16O8/c17-6-11-13(20)14(21)15(22)16(24-11)23-10-5-9(18)7-3-1-2-4-8(7)12(10)19/h1-5,11,13-17,20-22H,6H2/t11-,13+,14+,15-,16+/m1/s1. The number of carbonyl (C=O) groups excluding carboxylic acids is 2. The second-order valence-corrected chi connectivity index (χ2v) is 5.56. The van der Waals surface area contributed by atoms with Crippen molar-refractivity contribution in [2.24, 2.45) is 0 Å². The average molecular weight is 336 g/mol. The monoisotopic (exact) mass is 336 g/mol. The first-order valence-electron chi connectivity index (χ1n) is 7.31. The van der Waals surface area contributed by atoms with Crippen LogP contribution < -0.4 is 0 Å². The summed E-state index contributed by atoms with van der Waals surface area (Å²) in [5.74, 6) is -1.35. The van der Waals surface area contributed by atoms with E-state index in [1.165, 1.54) is 12.1 Å². The van der Waals surface area contributed by atoms with Crippen LogP contribution in [-0.4, -0.2) is 69.3 Å². The van der Waals surface area contributed by atoms with E-state index < -0.39 is 48.9 Å². The lowest BCUT2D eigenvalue weighted by Gasteiger charge is -2.39. The average Bonchev–Trinajstić information content (AvgIpc) is 2.59. The number of aliphatic hydroxyl groups is 4. The van der Waals surface area contributed by atoms with Crippen LogP contribution in [0.2, 0.25) is 0 Å². The molecule has 8 heteroatoms. The first-order valence-corrected chi connectivity index (χ1v) is 7.31. The van der Waals surface area contributed by atoms with Crippen LogP contribution in [-0.2, 0) is 9.47 Å². The molecule has 0 bridgehead atoms. The molecule has 0 radical (unpaired) electrons. The Balaban J connectivity index is 1.83. The Labute approximate surface area is 136 Å². The van der Waals surface area contributed by atoms with Gasteiger partial charge in [0.05, 0.1) is 6.61 Å². The van der Waals surface area contributed by atoms with Crippen molar-refractivity contribution in [2.45, 2.75) is 30.7 Å². The second kappa shape index (κ2) is 6.42. The van der Waals surface area contributed by atoms with Gasteiger partial charge in [0.15, 0.2) is 11.5 Å². The topological polar surface area (TPSA) is 134 Å². The number of Topliss-reactive ketones (excluding diaryl/α,β-unsaturated/α-hetero) is 1. The minimum Gasteiger partial charge on any atom is -0.458 e. The number of rotatable bonds is 3. The molecular weight excluding hydrogens is 320 g/mol. The predicted molar refractivity (Wildman–Crippen MR) is 78.0 cm³/mol. The Morgan fingerprint density at radius 3 is 2.33 bits per heavy atom. The summed E-state index contributed by atoms with van der Waals surface area (Å²) in [5.41, 5.74) is 0.397. The van der Waals surface area contributed by atoms with Crippen LogP contribution in [0.15, 0.2) is 36.1 Å². The van der Waals surface area contributed by atoms with E-state index in [0.717, 1.165) is 6.08 Å².